The van der Waals surface area contributed by atoms with Gasteiger partial charge in [0.1, 0.15) is 11.4 Å². The number of hydrogen-bond acceptors (Lipinski definition) is 3. The molecule has 2 unspecified atom stereocenters. The van der Waals surface area contributed by atoms with E-state index in [0.717, 1.165) is 6.54 Å². The van der Waals surface area contributed by atoms with Gasteiger partial charge < -0.3 is 9.64 Å². The molecular formula is C11H17NO2. The van der Waals surface area contributed by atoms with Gasteiger partial charge in [0.15, 0.2) is 0 Å². The van der Waals surface area contributed by atoms with E-state index in [2.05, 4.69) is 11.0 Å². The maximum atomic E-state index is 11.6. The topological polar surface area (TPSA) is 29.5 Å². The van der Waals surface area contributed by atoms with E-state index >= 15 is 0 Å². The van der Waals surface area contributed by atoms with Crippen molar-refractivity contribution < 1.29 is 9.53 Å². The minimum absolute atomic E-state index is 0.311. The third kappa shape index (κ3) is 1.62. The molecule has 3 heteroatoms. The Hall–Kier alpha value is -0.670. The molecule has 2 rings (SSSR count). The monoisotopic (exact) mass is 195 g/mol. The molecule has 14 heavy (non-hydrogen) atoms. The lowest BCUT2D eigenvalue weighted by Gasteiger charge is -2.39. The van der Waals surface area contributed by atoms with Gasteiger partial charge in [-0.05, 0) is 21.0 Å². The second-order valence-corrected chi connectivity index (χ2v) is 4.94. The fourth-order valence-electron chi connectivity index (χ4n) is 2.51. The highest BCUT2D eigenvalue weighted by Gasteiger charge is 2.48. The third-order valence-electron chi connectivity index (χ3n) is 2.80. The number of rotatable bonds is 2. The number of ether oxygens (including phenoxy) is 1. The van der Waals surface area contributed by atoms with Gasteiger partial charge >= 0.3 is 0 Å². The average molecular weight is 195 g/mol. The Kier molecular flexibility index (Phi) is 2.05. The zero-order valence-corrected chi connectivity index (χ0v) is 9.04. The van der Waals surface area contributed by atoms with Crippen molar-refractivity contribution in [1.82, 2.24) is 4.90 Å². The molecule has 2 aliphatic heterocycles. The Bertz CT molecular complexity index is 298. The summed E-state index contributed by atoms with van der Waals surface area (Å²) in [6, 6.07) is 0. The maximum absolute atomic E-state index is 11.6. The van der Waals surface area contributed by atoms with Crippen molar-refractivity contribution >= 4 is 5.78 Å². The van der Waals surface area contributed by atoms with Crippen LogP contribution >= 0.6 is 0 Å². The van der Waals surface area contributed by atoms with Crippen LogP contribution in [0.3, 0.4) is 0 Å². The van der Waals surface area contributed by atoms with Crippen LogP contribution in [0.15, 0.2) is 12.2 Å². The van der Waals surface area contributed by atoms with Gasteiger partial charge in [0.25, 0.3) is 0 Å². The predicted molar refractivity (Wildman–Crippen MR) is 54.2 cm³/mol. The molecule has 0 aromatic heterocycles. The van der Waals surface area contributed by atoms with E-state index in [-0.39, 0.29) is 11.2 Å². The molecule has 0 amide bonds. The van der Waals surface area contributed by atoms with Crippen molar-refractivity contribution in [2.75, 3.05) is 20.6 Å². The summed E-state index contributed by atoms with van der Waals surface area (Å²) in [5, 5.41) is 0. The number of carbonyl (C=O) groups excluding carboxylic acids is 1. The maximum Gasteiger partial charge on any atom is 0.139 e. The van der Waals surface area contributed by atoms with Crippen molar-refractivity contribution in [1.29, 1.82) is 0 Å². The van der Waals surface area contributed by atoms with Crippen molar-refractivity contribution in [2.45, 2.75) is 31.0 Å². The van der Waals surface area contributed by atoms with E-state index in [1.54, 1.807) is 0 Å². The first kappa shape index (κ1) is 9.87. The Morgan fingerprint density at radius 3 is 2.79 bits per heavy atom. The standard InChI is InChI=1S/C11H17NO2/c1-10-4-5-11(14-10,8-12(2)3)7-9(13)6-10/h4-5H,6-8H2,1-3H3. The van der Waals surface area contributed by atoms with Gasteiger partial charge in [-0.15, -0.1) is 0 Å². The fourth-order valence-corrected chi connectivity index (χ4v) is 2.51. The number of carbonyl (C=O) groups is 1. The normalized spacial score (nSPS) is 41.0. The summed E-state index contributed by atoms with van der Waals surface area (Å²) in [6.07, 6.45) is 5.16. The van der Waals surface area contributed by atoms with E-state index in [9.17, 15) is 4.79 Å². The first-order chi connectivity index (χ1) is 6.43. The summed E-state index contributed by atoms with van der Waals surface area (Å²) >= 11 is 0. The molecule has 78 valence electrons. The lowest BCUT2D eigenvalue weighted by molar-refractivity contribution is -0.153. The van der Waals surface area contributed by atoms with Crippen LogP contribution in [0.5, 0.6) is 0 Å². The van der Waals surface area contributed by atoms with Gasteiger partial charge in [-0.25, -0.2) is 0 Å². The Morgan fingerprint density at radius 2 is 2.14 bits per heavy atom. The average Bonchev–Trinajstić information content (AvgIpc) is 2.19. The first-order valence-electron chi connectivity index (χ1n) is 5.00. The summed E-state index contributed by atoms with van der Waals surface area (Å²) in [5.41, 5.74) is -0.696. The summed E-state index contributed by atoms with van der Waals surface area (Å²) in [5.74, 6) is 0.311. The third-order valence-corrected chi connectivity index (χ3v) is 2.80. The van der Waals surface area contributed by atoms with Crippen LogP contribution < -0.4 is 0 Å². The lowest BCUT2D eigenvalue weighted by Crippen LogP contribution is -2.49. The summed E-state index contributed by atoms with van der Waals surface area (Å²) in [4.78, 5) is 13.6. The quantitative estimate of drug-likeness (QED) is 0.615. The summed E-state index contributed by atoms with van der Waals surface area (Å²) < 4.78 is 5.98. The van der Waals surface area contributed by atoms with Crippen LogP contribution in [0.2, 0.25) is 0 Å². The summed E-state index contributed by atoms with van der Waals surface area (Å²) in [7, 11) is 4.00. The van der Waals surface area contributed by atoms with E-state index in [4.69, 9.17) is 4.74 Å². The molecule has 0 saturated carbocycles. The van der Waals surface area contributed by atoms with Crippen LogP contribution in [0, 0.1) is 0 Å². The Morgan fingerprint density at radius 1 is 1.43 bits per heavy atom. The second kappa shape index (κ2) is 2.91. The Labute approximate surface area is 84.7 Å². The van der Waals surface area contributed by atoms with Crippen LogP contribution in [-0.4, -0.2) is 42.5 Å². The van der Waals surface area contributed by atoms with Crippen molar-refractivity contribution in [3.05, 3.63) is 12.2 Å². The second-order valence-electron chi connectivity index (χ2n) is 4.94. The van der Waals surface area contributed by atoms with Crippen molar-refractivity contribution in [3.8, 4) is 0 Å². The molecule has 0 aromatic carbocycles. The molecule has 2 aliphatic rings. The van der Waals surface area contributed by atoms with Gasteiger partial charge in [0, 0.05) is 19.4 Å². The van der Waals surface area contributed by atoms with Gasteiger partial charge in [-0.3, -0.25) is 4.79 Å². The van der Waals surface area contributed by atoms with E-state index < -0.39 is 0 Å². The smallest absolute Gasteiger partial charge is 0.139 e. The van der Waals surface area contributed by atoms with E-state index in [0.29, 0.717) is 18.6 Å². The zero-order valence-electron chi connectivity index (χ0n) is 9.04. The lowest BCUT2D eigenvalue weighted by atomic mass is 9.91. The van der Waals surface area contributed by atoms with Crippen LogP contribution in [0.25, 0.3) is 0 Å². The summed E-state index contributed by atoms with van der Waals surface area (Å²) in [6.45, 7) is 2.77. The number of nitrogens with zero attached hydrogens (tertiary/aromatic N) is 1. The molecule has 0 spiro atoms. The molecule has 0 aliphatic carbocycles. The fraction of sp³-hybridized carbons (Fsp3) is 0.727. The van der Waals surface area contributed by atoms with Gasteiger partial charge in [0.05, 0.1) is 5.60 Å². The number of likely N-dealkylation sites (N-methyl/N-ethyl adjacent to an activating group) is 1. The zero-order chi connectivity index (χ0) is 10.4. The minimum Gasteiger partial charge on any atom is -0.358 e. The minimum atomic E-state index is -0.354. The van der Waals surface area contributed by atoms with Gasteiger partial charge in [-0.1, -0.05) is 12.2 Å². The molecule has 1 saturated heterocycles. The number of ketones is 1. The van der Waals surface area contributed by atoms with Crippen LogP contribution in [0.4, 0.5) is 0 Å². The molecular weight excluding hydrogens is 178 g/mol. The van der Waals surface area contributed by atoms with Crippen molar-refractivity contribution in [3.63, 3.8) is 0 Å². The number of hydrogen-bond donors (Lipinski definition) is 0. The molecule has 0 N–H and O–H groups in total. The van der Waals surface area contributed by atoms with E-state index in [1.807, 2.05) is 27.1 Å². The van der Waals surface area contributed by atoms with E-state index in [1.165, 1.54) is 0 Å². The molecule has 0 aromatic rings. The number of Topliss-reactive ketones (excluding diaryl/α,β-unsaturated/α-hetero) is 1. The molecule has 2 bridgehead atoms. The first-order valence-corrected chi connectivity index (χ1v) is 5.00. The highest BCUT2D eigenvalue weighted by molar-refractivity contribution is 5.83. The molecule has 2 heterocycles. The van der Waals surface area contributed by atoms with Gasteiger partial charge in [-0.2, -0.15) is 0 Å². The Balaban J connectivity index is 2.21. The molecule has 0 radical (unpaired) electrons. The SMILES string of the molecule is CN(C)CC12C=CC(C)(CC(=O)C1)O2. The van der Waals surface area contributed by atoms with Crippen LogP contribution in [-0.2, 0) is 9.53 Å². The predicted octanol–water partition coefficient (Wildman–Crippen LogP) is 0.995. The van der Waals surface area contributed by atoms with Crippen LogP contribution in [0.1, 0.15) is 19.8 Å². The highest BCUT2D eigenvalue weighted by atomic mass is 16.5. The molecule has 2 atom stereocenters. The molecule has 3 nitrogen and oxygen atoms in total. The van der Waals surface area contributed by atoms with Crippen molar-refractivity contribution in [2.24, 2.45) is 0 Å². The largest absolute Gasteiger partial charge is 0.358 e. The number of fused-ring (bicyclic) bond motifs is 2. The molecule has 1 fully saturated rings. The highest BCUT2D eigenvalue weighted by Crippen LogP contribution is 2.41. The van der Waals surface area contributed by atoms with Gasteiger partial charge in [0.2, 0.25) is 0 Å².